The van der Waals surface area contributed by atoms with Crippen LogP contribution in [0, 0.1) is 0 Å². The first-order chi connectivity index (χ1) is 13.1. The number of carbonyl (C=O) groups excluding carboxylic acids is 3. The van der Waals surface area contributed by atoms with Crippen LogP contribution >= 0.6 is 0 Å². The third-order valence-electron chi connectivity index (χ3n) is 4.38. The van der Waals surface area contributed by atoms with Crippen molar-refractivity contribution in [2.75, 3.05) is 20.3 Å². The first-order valence-electron chi connectivity index (χ1n) is 9.14. The van der Waals surface area contributed by atoms with Gasteiger partial charge in [0.2, 0.25) is 5.91 Å². The molecule has 0 aromatic heterocycles. The van der Waals surface area contributed by atoms with Crippen molar-refractivity contribution in [3.05, 3.63) is 35.4 Å². The summed E-state index contributed by atoms with van der Waals surface area (Å²) < 4.78 is 15.3. The van der Waals surface area contributed by atoms with E-state index in [1.807, 2.05) is 6.92 Å². The first-order valence-corrected chi connectivity index (χ1v) is 9.14. The largest absolute Gasteiger partial charge is 0.465 e. The smallest absolute Gasteiger partial charge is 0.408 e. The molecular formula is C20H28N2O6. The average Bonchev–Trinajstić information content (AvgIpc) is 3.09. The van der Waals surface area contributed by atoms with E-state index in [-0.39, 0.29) is 18.6 Å². The van der Waals surface area contributed by atoms with E-state index in [4.69, 9.17) is 9.47 Å². The molecule has 1 saturated heterocycles. The van der Waals surface area contributed by atoms with Crippen LogP contribution in [0.15, 0.2) is 24.3 Å². The molecule has 8 nitrogen and oxygen atoms in total. The number of benzene rings is 1. The predicted octanol–water partition coefficient (Wildman–Crippen LogP) is 2.33. The minimum Gasteiger partial charge on any atom is -0.465 e. The van der Waals surface area contributed by atoms with Gasteiger partial charge in [-0.15, -0.1) is 0 Å². The van der Waals surface area contributed by atoms with Crippen molar-refractivity contribution in [2.45, 2.75) is 51.3 Å². The van der Waals surface area contributed by atoms with Gasteiger partial charge >= 0.3 is 12.1 Å². The van der Waals surface area contributed by atoms with E-state index in [9.17, 15) is 14.4 Å². The highest BCUT2D eigenvalue weighted by molar-refractivity contribution is 5.91. The lowest BCUT2D eigenvalue weighted by atomic mass is 9.96. The topological polar surface area (TPSA) is 103 Å². The molecule has 0 radical (unpaired) electrons. The van der Waals surface area contributed by atoms with E-state index in [2.05, 4.69) is 15.4 Å². The number of amides is 2. The fourth-order valence-corrected chi connectivity index (χ4v) is 2.84. The Bertz CT molecular complexity index is 717. The van der Waals surface area contributed by atoms with Gasteiger partial charge in [-0.1, -0.05) is 12.1 Å². The van der Waals surface area contributed by atoms with E-state index in [1.165, 1.54) is 7.11 Å². The summed E-state index contributed by atoms with van der Waals surface area (Å²) in [4.78, 5) is 36.7. The van der Waals surface area contributed by atoms with Crippen molar-refractivity contribution >= 4 is 18.0 Å². The van der Waals surface area contributed by atoms with E-state index in [0.29, 0.717) is 18.6 Å². The monoisotopic (exact) mass is 392 g/mol. The number of alkyl carbamates (subject to hydrolysis) is 1. The number of hydrogen-bond acceptors (Lipinski definition) is 6. The highest BCUT2D eigenvalue weighted by Crippen LogP contribution is 2.22. The van der Waals surface area contributed by atoms with Crippen LogP contribution in [0.1, 0.15) is 56.1 Å². The average molecular weight is 392 g/mol. The highest BCUT2D eigenvalue weighted by Gasteiger charge is 2.45. The maximum Gasteiger partial charge on any atom is 0.408 e. The highest BCUT2D eigenvalue weighted by atomic mass is 16.6. The summed E-state index contributed by atoms with van der Waals surface area (Å²) in [7, 11) is 1.32. The molecule has 154 valence electrons. The van der Waals surface area contributed by atoms with Crippen LogP contribution in [0.4, 0.5) is 4.79 Å². The summed E-state index contributed by atoms with van der Waals surface area (Å²) in [5.74, 6) is -0.771. The number of ether oxygens (including phenoxy) is 3. The van der Waals surface area contributed by atoms with Crippen LogP contribution in [-0.4, -0.2) is 49.4 Å². The molecule has 2 amide bonds. The molecule has 1 fully saturated rings. The third kappa shape index (κ3) is 5.45. The summed E-state index contributed by atoms with van der Waals surface area (Å²) >= 11 is 0. The van der Waals surface area contributed by atoms with Crippen molar-refractivity contribution in [3.63, 3.8) is 0 Å². The molecule has 28 heavy (non-hydrogen) atoms. The molecule has 0 aliphatic carbocycles. The molecule has 0 saturated carbocycles. The Labute approximate surface area is 164 Å². The quantitative estimate of drug-likeness (QED) is 0.746. The maximum atomic E-state index is 12.9. The SMILES string of the molecule is COC(=O)c1ccc(C(C)NC(=O)C2(NC(=O)OC(C)(C)C)CCOC2)cc1. The molecule has 2 atom stereocenters. The Kier molecular flexibility index (Phi) is 6.66. The van der Waals surface area contributed by atoms with E-state index < -0.39 is 23.2 Å². The zero-order valence-corrected chi connectivity index (χ0v) is 17.0. The number of methoxy groups -OCH3 is 1. The van der Waals surface area contributed by atoms with Crippen molar-refractivity contribution in [2.24, 2.45) is 0 Å². The van der Waals surface area contributed by atoms with Crippen LogP contribution in [-0.2, 0) is 19.0 Å². The summed E-state index contributed by atoms with van der Waals surface area (Å²) in [5, 5.41) is 5.58. The number of esters is 1. The molecule has 1 aromatic carbocycles. The zero-order valence-electron chi connectivity index (χ0n) is 17.0. The molecule has 1 aliphatic heterocycles. The van der Waals surface area contributed by atoms with Crippen molar-refractivity contribution in [1.29, 1.82) is 0 Å². The van der Waals surface area contributed by atoms with Gasteiger partial charge in [-0.25, -0.2) is 9.59 Å². The summed E-state index contributed by atoms with van der Waals surface area (Å²) in [6.07, 6.45) is -0.310. The fourth-order valence-electron chi connectivity index (χ4n) is 2.84. The Hall–Kier alpha value is -2.61. The molecule has 2 N–H and O–H groups in total. The Morgan fingerprint density at radius 1 is 1.18 bits per heavy atom. The Balaban J connectivity index is 2.07. The molecule has 1 aromatic rings. The first kappa shape index (κ1) is 21.7. The minimum atomic E-state index is -1.18. The normalized spacial score (nSPS) is 20.2. The van der Waals surface area contributed by atoms with E-state index in [0.717, 1.165) is 5.56 Å². The van der Waals surface area contributed by atoms with Gasteiger partial charge in [0.05, 0.1) is 25.3 Å². The molecule has 1 heterocycles. The second-order valence-corrected chi connectivity index (χ2v) is 7.82. The van der Waals surface area contributed by atoms with Gasteiger partial charge < -0.3 is 24.8 Å². The van der Waals surface area contributed by atoms with E-state index >= 15 is 0 Å². The minimum absolute atomic E-state index is 0.0755. The van der Waals surface area contributed by atoms with Crippen LogP contribution < -0.4 is 10.6 Å². The lowest BCUT2D eigenvalue weighted by Gasteiger charge is -2.30. The lowest BCUT2D eigenvalue weighted by Crippen LogP contribution is -2.60. The molecular weight excluding hydrogens is 364 g/mol. The molecule has 8 heteroatoms. The predicted molar refractivity (Wildman–Crippen MR) is 102 cm³/mol. The fraction of sp³-hybridized carbons (Fsp3) is 0.550. The molecule has 0 bridgehead atoms. The van der Waals surface area contributed by atoms with Crippen LogP contribution in [0.5, 0.6) is 0 Å². The molecule has 1 aliphatic rings. The molecule has 0 spiro atoms. The van der Waals surface area contributed by atoms with Crippen molar-refractivity contribution in [1.82, 2.24) is 10.6 Å². The van der Waals surface area contributed by atoms with Crippen molar-refractivity contribution in [3.8, 4) is 0 Å². The summed E-state index contributed by atoms with van der Waals surface area (Å²) in [5.41, 5.74) is -0.609. The van der Waals surface area contributed by atoms with Gasteiger partial charge in [-0.2, -0.15) is 0 Å². The van der Waals surface area contributed by atoms with Gasteiger partial charge in [0.15, 0.2) is 0 Å². The number of nitrogens with one attached hydrogen (secondary N) is 2. The third-order valence-corrected chi connectivity index (χ3v) is 4.38. The standard InChI is InChI=1S/C20H28N2O6/c1-13(14-6-8-15(9-7-14)16(23)26-5)21-17(24)20(10-11-27-12-20)22-18(25)28-19(2,3)4/h6-9,13H,10-12H2,1-5H3,(H,21,24)(H,22,25). The zero-order chi connectivity index (χ0) is 20.9. The molecule has 2 rings (SSSR count). The maximum absolute atomic E-state index is 12.9. The van der Waals surface area contributed by atoms with E-state index in [1.54, 1.807) is 45.0 Å². The molecule has 2 unspecified atom stereocenters. The van der Waals surface area contributed by atoms with Gasteiger partial charge in [0.25, 0.3) is 0 Å². The van der Waals surface area contributed by atoms with Crippen molar-refractivity contribution < 1.29 is 28.6 Å². The lowest BCUT2D eigenvalue weighted by molar-refractivity contribution is -0.128. The van der Waals surface area contributed by atoms with Gasteiger partial charge in [-0.05, 0) is 45.4 Å². The van der Waals surface area contributed by atoms with Gasteiger partial charge in [0, 0.05) is 13.0 Å². The summed E-state index contributed by atoms with van der Waals surface area (Å²) in [6, 6.07) is 6.43. The van der Waals surface area contributed by atoms with Gasteiger partial charge in [0.1, 0.15) is 11.1 Å². The summed E-state index contributed by atoms with van der Waals surface area (Å²) in [6.45, 7) is 7.53. The Morgan fingerprint density at radius 3 is 2.32 bits per heavy atom. The Morgan fingerprint density at radius 2 is 1.82 bits per heavy atom. The van der Waals surface area contributed by atoms with Gasteiger partial charge in [-0.3, -0.25) is 4.79 Å². The second kappa shape index (κ2) is 8.60. The second-order valence-electron chi connectivity index (χ2n) is 7.82. The van der Waals surface area contributed by atoms with Crippen LogP contribution in [0.25, 0.3) is 0 Å². The van der Waals surface area contributed by atoms with Crippen LogP contribution in [0.2, 0.25) is 0 Å². The number of hydrogen-bond donors (Lipinski definition) is 2. The van der Waals surface area contributed by atoms with Crippen LogP contribution in [0.3, 0.4) is 0 Å². The number of carbonyl (C=O) groups is 3. The number of rotatable bonds is 5.